The molecule has 21 heavy (non-hydrogen) atoms. The second kappa shape index (κ2) is 5.37. The molecule has 5 nitrogen and oxygen atoms in total. The Hall–Kier alpha value is -2.08. The monoisotopic (exact) mass is 348 g/mol. The van der Waals surface area contributed by atoms with Crippen molar-refractivity contribution in [1.82, 2.24) is 4.90 Å². The maximum atomic E-state index is 12.5. The molecular formula is C15H13BrN2O3. The van der Waals surface area contributed by atoms with Crippen LogP contribution in [0.15, 0.2) is 45.5 Å². The van der Waals surface area contributed by atoms with Crippen LogP contribution in [0, 0.1) is 0 Å². The van der Waals surface area contributed by atoms with E-state index < -0.39 is 11.9 Å². The maximum absolute atomic E-state index is 12.5. The number of rotatable bonds is 2. The van der Waals surface area contributed by atoms with Crippen molar-refractivity contribution in [2.45, 2.75) is 19.0 Å². The van der Waals surface area contributed by atoms with Crippen molar-refractivity contribution >= 4 is 27.7 Å². The number of fused-ring (bicyclic) bond motifs is 1. The number of carbonyl (C=O) groups is 2. The van der Waals surface area contributed by atoms with Crippen LogP contribution in [0.2, 0.25) is 0 Å². The number of halogens is 1. The molecule has 2 aromatic rings. The number of amides is 2. The summed E-state index contributed by atoms with van der Waals surface area (Å²) in [6.07, 6.45) is 0.430. The first kappa shape index (κ1) is 13.9. The van der Waals surface area contributed by atoms with Crippen LogP contribution in [-0.4, -0.2) is 22.8 Å². The minimum absolute atomic E-state index is 0.188. The zero-order valence-electron chi connectivity index (χ0n) is 11.1. The largest absolute Gasteiger partial charge is 0.444 e. The Balaban J connectivity index is 1.96. The van der Waals surface area contributed by atoms with Gasteiger partial charge in [-0.05, 0) is 39.2 Å². The second-order valence-electron chi connectivity index (χ2n) is 4.93. The van der Waals surface area contributed by atoms with Gasteiger partial charge in [0.25, 0.3) is 5.91 Å². The van der Waals surface area contributed by atoms with E-state index in [4.69, 9.17) is 10.2 Å². The van der Waals surface area contributed by atoms with Crippen LogP contribution < -0.4 is 5.73 Å². The number of hydrogen-bond donors (Lipinski definition) is 1. The summed E-state index contributed by atoms with van der Waals surface area (Å²) in [5, 5.41) is 0. The Bertz CT molecular complexity index is 710. The van der Waals surface area contributed by atoms with Crippen molar-refractivity contribution in [2.24, 2.45) is 5.73 Å². The van der Waals surface area contributed by atoms with Gasteiger partial charge >= 0.3 is 0 Å². The van der Waals surface area contributed by atoms with Gasteiger partial charge in [0.2, 0.25) is 5.91 Å². The van der Waals surface area contributed by atoms with Crippen molar-refractivity contribution in [3.63, 3.8) is 0 Å². The molecule has 6 heteroatoms. The van der Waals surface area contributed by atoms with Crippen LogP contribution in [-0.2, 0) is 17.8 Å². The third-order valence-corrected chi connectivity index (χ3v) is 4.05. The number of carbonyl (C=O) groups excluding carboxylic acids is 2. The predicted molar refractivity (Wildman–Crippen MR) is 79.4 cm³/mol. The summed E-state index contributed by atoms with van der Waals surface area (Å²) in [6.45, 7) is 0.348. The quantitative estimate of drug-likeness (QED) is 0.902. The minimum Gasteiger partial charge on any atom is -0.444 e. The zero-order valence-corrected chi connectivity index (χ0v) is 12.7. The lowest BCUT2D eigenvalue weighted by molar-refractivity contribution is -0.122. The fourth-order valence-corrected chi connectivity index (χ4v) is 2.87. The van der Waals surface area contributed by atoms with Crippen LogP contribution in [0.4, 0.5) is 0 Å². The molecule has 0 saturated carbocycles. The summed E-state index contributed by atoms with van der Waals surface area (Å²) in [7, 11) is 0. The van der Waals surface area contributed by atoms with E-state index in [9.17, 15) is 9.59 Å². The Morgan fingerprint density at radius 3 is 2.52 bits per heavy atom. The number of primary amides is 1. The molecule has 0 bridgehead atoms. The first-order valence-corrected chi connectivity index (χ1v) is 7.28. The Labute approximate surface area is 129 Å². The highest BCUT2D eigenvalue weighted by atomic mass is 79.9. The van der Waals surface area contributed by atoms with Crippen LogP contribution in [0.3, 0.4) is 0 Å². The average Bonchev–Trinajstić information content (AvgIpc) is 2.91. The van der Waals surface area contributed by atoms with E-state index >= 15 is 0 Å². The average molecular weight is 349 g/mol. The molecule has 0 unspecified atom stereocenters. The molecule has 2 heterocycles. The molecule has 108 valence electrons. The third kappa shape index (κ3) is 2.58. The summed E-state index contributed by atoms with van der Waals surface area (Å²) < 4.78 is 5.76. The van der Waals surface area contributed by atoms with E-state index in [0.29, 0.717) is 17.6 Å². The molecule has 0 fully saturated rings. The fourth-order valence-electron chi connectivity index (χ4n) is 2.56. The molecule has 2 N–H and O–H groups in total. The molecule has 0 aliphatic carbocycles. The van der Waals surface area contributed by atoms with Gasteiger partial charge in [0.15, 0.2) is 10.4 Å². The Morgan fingerprint density at radius 2 is 1.90 bits per heavy atom. The summed E-state index contributed by atoms with van der Waals surface area (Å²) in [5.74, 6) is -0.657. The molecule has 3 rings (SSSR count). The molecule has 1 atom stereocenters. The molecule has 1 aliphatic heterocycles. The summed E-state index contributed by atoms with van der Waals surface area (Å²) >= 11 is 3.17. The standard InChI is InChI=1S/C15H13BrN2O3/c16-13-6-5-12(21-13)15(20)18-8-10-4-2-1-3-9(10)7-11(18)14(17)19/h1-6,11H,7-8H2,(H2,17,19)/t11-/m1/s1. The van der Waals surface area contributed by atoms with Gasteiger partial charge in [-0.25, -0.2) is 0 Å². The maximum Gasteiger partial charge on any atom is 0.290 e. The van der Waals surface area contributed by atoms with Crippen LogP contribution in [0.25, 0.3) is 0 Å². The number of furan rings is 1. The van der Waals surface area contributed by atoms with Crippen molar-refractivity contribution in [2.75, 3.05) is 0 Å². The van der Waals surface area contributed by atoms with Gasteiger partial charge < -0.3 is 15.1 Å². The van der Waals surface area contributed by atoms with Crippen molar-refractivity contribution in [3.05, 3.63) is 58.0 Å². The van der Waals surface area contributed by atoms with Gasteiger partial charge in [0.05, 0.1) is 0 Å². The summed E-state index contributed by atoms with van der Waals surface area (Å²) in [4.78, 5) is 25.7. The molecule has 0 radical (unpaired) electrons. The molecule has 0 saturated heterocycles. The molecule has 1 aromatic heterocycles. The van der Waals surface area contributed by atoms with Gasteiger partial charge in [-0.3, -0.25) is 9.59 Å². The lowest BCUT2D eigenvalue weighted by Gasteiger charge is -2.34. The number of hydrogen-bond acceptors (Lipinski definition) is 3. The van der Waals surface area contributed by atoms with Gasteiger partial charge in [-0.1, -0.05) is 24.3 Å². The Kier molecular flexibility index (Phi) is 3.55. The third-order valence-electron chi connectivity index (χ3n) is 3.62. The molecular weight excluding hydrogens is 336 g/mol. The van der Waals surface area contributed by atoms with Crippen LogP contribution >= 0.6 is 15.9 Å². The van der Waals surface area contributed by atoms with Gasteiger partial charge in [0.1, 0.15) is 6.04 Å². The van der Waals surface area contributed by atoms with Crippen molar-refractivity contribution < 1.29 is 14.0 Å². The first-order valence-electron chi connectivity index (χ1n) is 6.48. The van der Waals surface area contributed by atoms with Gasteiger partial charge in [-0.2, -0.15) is 0 Å². The molecule has 1 aromatic carbocycles. The minimum atomic E-state index is -0.656. The lowest BCUT2D eigenvalue weighted by atomic mass is 9.93. The van der Waals surface area contributed by atoms with E-state index in [2.05, 4.69) is 15.9 Å². The summed E-state index contributed by atoms with van der Waals surface area (Å²) in [5.41, 5.74) is 7.53. The van der Waals surface area contributed by atoms with Crippen LogP contribution in [0.1, 0.15) is 21.7 Å². The second-order valence-corrected chi connectivity index (χ2v) is 5.71. The van der Waals surface area contributed by atoms with Gasteiger partial charge in [-0.15, -0.1) is 0 Å². The Morgan fingerprint density at radius 1 is 1.19 bits per heavy atom. The highest BCUT2D eigenvalue weighted by molar-refractivity contribution is 9.10. The van der Waals surface area contributed by atoms with E-state index in [0.717, 1.165) is 11.1 Å². The topological polar surface area (TPSA) is 76.5 Å². The SMILES string of the molecule is NC(=O)[C@H]1Cc2ccccc2CN1C(=O)c1ccc(Br)o1. The number of nitrogens with zero attached hydrogens (tertiary/aromatic N) is 1. The number of benzene rings is 1. The number of nitrogens with two attached hydrogens (primary N) is 1. The van der Waals surface area contributed by atoms with Crippen LogP contribution in [0.5, 0.6) is 0 Å². The predicted octanol–water partition coefficient (Wildman–Crippen LogP) is 2.09. The van der Waals surface area contributed by atoms with E-state index in [-0.39, 0.29) is 11.7 Å². The van der Waals surface area contributed by atoms with Crippen molar-refractivity contribution in [1.29, 1.82) is 0 Å². The zero-order chi connectivity index (χ0) is 15.0. The van der Waals surface area contributed by atoms with E-state index in [1.807, 2.05) is 24.3 Å². The molecule has 1 aliphatic rings. The first-order chi connectivity index (χ1) is 10.1. The van der Waals surface area contributed by atoms with E-state index in [1.165, 1.54) is 4.90 Å². The highest BCUT2D eigenvalue weighted by Gasteiger charge is 2.34. The fraction of sp³-hybridized carbons (Fsp3) is 0.200. The van der Waals surface area contributed by atoms with Crippen molar-refractivity contribution in [3.8, 4) is 0 Å². The lowest BCUT2D eigenvalue weighted by Crippen LogP contribution is -2.51. The van der Waals surface area contributed by atoms with Gasteiger partial charge in [0, 0.05) is 13.0 Å². The normalized spacial score (nSPS) is 17.4. The van der Waals surface area contributed by atoms with E-state index in [1.54, 1.807) is 12.1 Å². The highest BCUT2D eigenvalue weighted by Crippen LogP contribution is 2.26. The molecule has 0 spiro atoms. The molecule has 2 amide bonds. The summed E-state index contributed by atoms with van der Waals surface area (Å²) in [6, 6.07) is 10.3. The smallest absolute Gasteiger partial charge is 0.290 e.